The van der Waals surface area contributed by atoms with Crippen molar-refractivity contribution < 1.29 is 9.72 Å². The highest BCUT2D eigenvalue weighted by atomic mass is 35.5. The van der Waals surface area contributed by atoms with Crippen molar-refractivity contribution in [3.63, 3.8) is 0 Å². The number of hydrogen-bond acceptors (Lipinski definition) is 4. The van der Waals surface area contributed by atoms with Gasteiger partial charge < -0.3 is 11.1 Å². The first-order chi connectivity index (χ1) is 8.45. The summed E-state index contributed by atoms with van der Waals surface area (Å²) in [7, 11) is 0. The van der Waals surface area contributed by atoms with Gasteiger partial charge in [-0.25, -0.2) is 0 Å². The number of hydrogen-bond donors (Lipinski definition) is 2. The van der Waals surface area contributed by atoms with Gasteiger partial charge in [0.2, 0.25) is 5.91 Å². The van der Waals surface area contributed by atoms with Crippen LogP contribution in [0.15, 0.2) is 18.2 Å². The minimum atomic E-state index is -0.596. The molecule has 1 aromatic rings. The molecule has 0 bridgehead atoms. The SMILES string of the molecule is CC(CCN)C(=O)Nc1ccc(Cl)c([N+](=O)[O-])c1. The molecule has 0 aliphatic carbocycles. The third kappa shape index (κ3) is 3.68. The minimum absolute atomic E-state index is 0.0352. The fourth-order valence-electron chi connectivity index (χ4n) is 1.38. The van der Waals surface area contributed by atoms with Crippen molar-refractivity contribution in [3.8, 4) is 0 Å². The molecule has 0 radical (unpaired) electrons. The fourth-order valence-corrected chi connectivity index (χ4v) is 1.56. The monoisotopic (exact) mass is 271 g/mol. The number of anilines is 1. The van der Waals surface area contributed by atoms with E-state index in [0.717, 1.165) is 0 Å². The van der Waals surface area contributed by atoms with Crippen molar-refractivity contribution >= 4 is 28.9 Å². The van der Waals surface area contributed by atoms with Crippen molar-refractivity contribution in [2.75, 3.05) is 11.9 Å². The van der Waals surface area contributed by atoms with Crippen molar-refractivity contribution in [2.45, 2.75) is 13.3 Å². The number of carbonyl (C=O) groups is 1. The van der Waals surface area contributed by atoms with Gasteiger partial charge in [-0.3, -0.25) is 14.9 Å². The number of nitro benzene ring substituents is 1. The van der Waals surface area contributed by atoms with Crippen LogP contribution < -0.4 is 11.1 Å². The van der Waals surface area contributed by atoms with Gasteiger partial charge in [-0.15, -0.1) is 0 Å². The first-order valence-corrected chi connectivity index (χ1v) is 5.78. The summed E-state index contributed by atoms with van der Waals surface area (Å²) in [6, 6.07) is 4.13. The average molecular weight is 272 g/mol. The summed E-state index contributed by atoms with van der Waals surface area (Å²) < 4.78 is 0. The van der Waals surface area contributed by atoms with Crippen molar-refractivity contribution in [1.29, 1.82) is 0 Å². The number of benzene rings is 1. The Labute approximate surface area is 109 Å². The van der Waals surface area contributed by atoms with Gasteiger partial charge in [0.05, 0.1) is 4.92 Å². The number of nitrogens with two attached hydrogens (primary N) is 1. The van der Waals surface area contributed by atoms with Crippen molar-refractivity contribution in [2.24, 2.45) is 11.7 Å². The van der Waals surface area contributed by atoms with E-state index in [4.69, 9.17) is 17.3 Å². The first kappa shape index (κ1) is 14.4. The summed E-state index contributed by atoms with van der Waals surface area (Å²) >= 11 is 5.67. The van der Waals surface area contributed by atoms with E-state index >= 15 is 0 Å². The van der Waals surface area contributed by atoms with Gasteiger partial charge in [0.25, 0.3) is 5.69 Å². The Morgan fingerprint density at radius 1 is 1.61 bits per heavy atom. The fraction of sp³-hybridized carbons (Fsp3) is 0.364. The lowest BCUT2D eigenvalue weighted by molar-refractivity contribution is -0.384. The zero-order chi connectivity index (χ0) is 13.7. The van der Waals surface area contributed by atoms with Gasteiger partial charge in [-0.1, -0.05) is 18.5 Å². The van der Waals surface area contributed by atoms with Crippen LogP contribution in [0, 0.1) is 16.0 Å². The molecular formula is C11H14ClN3O3. The molecule has 1 aromatic carbocycles. The zero-order valence-corrected chi connectivity index (χ0v) is 10.6. The second-order valence-electron chi connectivity index (χ2n) is 3.89. The summed E-state index contributed by atoms with van der Waals surface area (Å²) in [5, 5.41) is 13.3. The van der Waals surface area contributed by atoms with Crippen LogP contribution in [0.25, 0.3) is 0 Å². The Balaban J connectivity index is 2.82. The maximum absolute atomic E-state index is 11.7. The Bertz CT molecular complexity index is 465. The summed E-state index contributed by atoms with van der Waals surface area (Å²) in [4.78, 5) is 21.8. The van der Waals surface area contributed by atoms with Crippen LogP contribution >= 0.6 is 11.6 Å². The maximum Gasteiger partial charge on any atom is 0.289 e. The van der Waals surface area contributed by atoms with E-state index in [-0.39, 0.29) is 22.5 Å². The number of nitrogens with one attached hydrogen (secondary N) is 1. The van der Waals surface area contributed by atoms with Crippen LogP contribution in [0.1, 0.15) is 13.3 Å². The number of halogens is 1. The van der Waals surface area contributed by atoms with Gasteiger partial charge in [0.1, 0.15) is 5.02 Å². The molecule has 0 saturated carbocycles. The van der Waals surface area contributed by atoms with E-state index in [1.807, 2.05) is 0 Å². The number of rotatable bonds is 5. The lowest BCUT2D eigenvalue weighted by Crippen LogP contribution is -2.22. The van der Waals surface area contributed by atoms with E-state index in [0.29, 0.717) is 18.7 Å². The third-order valence-electron chi connectivity index (χ3n) is 2.46. The molecule has 0 spiro atoms. The number of amides is 1. The highest BCUT2D eigenvalue weighted by Crippen LogP contribution is 2.27. The predicted octanol–water partition coefficient (Wildman–Crippen LogP) is 2.17. The molecule has 1 unspecified atom stereocenters. The van der Waals surface area contributed by atoms with Crippen molar-refractivity contribution in [3.05, 3.63) is 33.3 Å². The standard InChI is InChI=1S/C11H14ClN3O3/c1-7(4-5-13)11(16)14-8-2-3-9(12)10(6-8)15(17)18/h2-3,6-7H,4-5,13H2,1H3,(H,14,16). The molecule has 0 aliphatic rings. The van der Waals surface area contributed by atoms with E-state index < -0.39 is 4.92 Å². The molecule has 3 N–H and O–H groups in total. The Kier molecular flexibility index (Phi) is 5.06. The van der Waals surface area contributed by atoms with Crippen LogP contribution in [0.5, 0.6) is 0 Å². The topological polar surface area (TPSA) is 98.3 Å². The summed E-state index contributed by atoms with van der Waals surface area (Å²) in [5.74, 6) is -0.471. The highest BCUT2D eigenvalue weighted by Gasteiger charge is 2.16. The molecule has 0 aromatic heterocycles. The molecule has 1 rings (SSSR count). The molecule has 18 heavy (non-hydrogen) atoms. The van der Waals surface area contributed by atoms with E-state index in [9.17, 15) is 14.9 Å². The van der Waals surface area contributed by atoms with Crippen LogP contribution in [-0.4, -0.2) is 17.4 Å². The second kappa shape index (κ2) is 6.32. The second-order valence-corrected chi connectivity index (χ2v) is 4.30. The van der Waals surface area contributed by atoms with Gasteiger partial charge in [-0.2, -0.15) is 0 Å². The Morgan fingerprint density at radius 3 is 2.83 bits per heavy atom. The normalized spacial score (nSPS) is 11.9. The number of carbonyl (C=O) groups excluding carboxylic acids is 1. The third-order valence-corrected chi connectivity index (χ3v) is 2.78. The summed E-state index contributed by atoms with van der Waals surface area (Å²) in [6.45, 7) is 2.15. The smallest absolute Gasteiger partial charge is 0.289 e. The van der Waals surface area contributed by atoms with Crippen molar-refractivity contribution in [1.82, 2.24) is 0 Å². The molecule has 1 amide bonds. The molecule has 6 nitrogen and oxygen atoms in total. The average Bonchev–Trinajstić information content (AvgIpc) is 2.31. The maximum atomic E-state index is 11.7. The quantitative estimate of drug-likeness (QED) is 0.633. The first-order valence-electron chi connectivity index (χ1n) is 5.40. The molecular weight excluding hydrogens is 258 g/mol. The lowest BCUT2D eigenvalue weighted by atomic mass is 10.1. The molecule has 0 heterocycles. The Hall–Kier alpha value is -1.66. The molecule has 0 fully saturated rings. The van der Waals surface area contributed by atoms with Crippen LogP contribution in [0.3, 0.4) is 0 Å². The molecule has 7 heteroatoms. The highest BCUT2D eigenvalue weighted by molar-refractivity contribution is 6.32. The molecule has 0 saturated heterocycles. The number of nitro groups is 1. The zero-order valence-electron chi connectivity index (χ0n) is 9.85. The summed E-state index contributed by atoms with van der Waals surface area (Å²) in [6.07, 6.45) is 0.557. The van der Waals surface area contributed by atoms with E-state index in [1.165, 1.54) is 18.2 Å². The number of nitrogens with zero attached hydrogens (tertiary/aromatic N) is 1. The van der Waals surface area contributed by atoms with Gasteiger partial charge >= 0.3 is 0 Å². The Morgan fingerprint density at radius 2 is 2.28 bits per heavy atom. The van der Waals surface area contributed by atoms with Crippen LogP contribution in [0.4, 0.5) is 11.4 Å². The van der Waals surface area contributed by atoms with Gasteiger partial charge in [0, 0.05) is 17.7 Å². The molecule has 1 atom stereocenters. The van der Waals surface area contributed by atoms with Crippen LogP contribution in [-0.2, 0) is 4.79 Å². The minimum Gasteiger partial charge on any atom is -0.330 e. The van der Waals surface area contributed by atoms with Crippen LogP contribution in [0.2, 0.25) is 5.02 Å². The lowest BCUT2D eigenvalue weighted by Gasteiger charge is -2.11. The van der Waals surface area contributed by atoms with Gasteiger partial charge in [0.15, 0.2) is 0 Å². The van der Waals surface area contributed by atoms with Gasteiger partial charge in [-0.05, 0) is 25.1 Å². The molecule has 0 aliphatic heterocycles. The predicted molar refractivity (Wildman–Crippen MR) is 69.6 cm³/mol. The van der Waals surface area contributed by atoms with E-state index in [2.05, 4.69) is 5.32 Å². The summed E-state index contributed by atoms with van der Waals surface area (Å²) in [5.41, 5.74) is 5.47. The largest absolute Gasteiger partial charge is 0.330 e. The van der Waals surface area contributed by atoms with E-state index in [1.54, 1.807) is 6.92 Å². The molecule has 98 valence electrons.